The molecule has 0 saturated carbocycles. The highest BCUT2D eigenvalue weighted by atomic mass is 16.2. The molecular formula is C18H36N4O2. The average Bonchev–Trinajstić information content (AvgIpc) is 2.55. The van der Waals surface area contributed by atoms with E-state index < -0.39 is 0 Å². The topological polar surface area (TPSA) is 64.7 Å². The van der Waals surface area contributed by atoms with Gasteiger partial charge < -0.3 is 0 Å². The van der Waals surface area contributed by atoms with Crippen molar-refractivity contribution in [3.05, 3.63) is 0 Å². The number of nitrogens with zero attached hydrogens (tertiary/aromatic N) is 2. The van der Waals surface area contributed by atoms with Crippen molar-refractivity contribution in [2.24, 2.45) is 0 Å². The maximum atomic E-state index is 12.0. The van der Waals surface area contributed by atoms with Crippen LogP contribution in [-0.4, -0.2) is 34.2 Å². The van der Waals surface area contributed by atoms with Gasteiger partial charge in [-0.15, -0.1) is 0 Å². The largest absolute Gasteiger partial charge is 0.274 e. The second-order valence-corrected chi connectivity index (χ2v) is 6.77. The average molecular weight is 341 g/mol. The first kappa shape index (κ1) is 20.9. The molecule has 0 unspecified atom stereocenters. The Hall–Kier alpha value is -1.14. The molecule has 6 heteroatoms. The normalized spacial score (nSPS) is 21.2. The minimum atomic E-state index is -0.157. The van der Waals surface area contributed by atoms with Crippen LogP contribution in [0.4, 0.5) is 0 Å². The van der Waals surface area contributed by atoms with Gasteiger partial charge in [0.15, 0.2) is 0 Å². The molecule has 140 valence electrons. The third-order valence-corrected chi connectivity index (χ3v) is 4.54. The summed E-state index contributed by atoms with van der Waals surface area (Å²) in [5, 5.41) is 3.35. The molecule has 0 bridgehead atoms. The van der Waals surface area contributed by atoms with E-state index in [0.717, 1.165) is 38.5 Å². The first-order chi connectivity index (χ1) is 11.5. The number of amides is 2. The van der Waals surface area contributed by atoms with Crippen LogP contribution in [0.25, 0.3) is 0 Å². The van der Waals surface area contributed by atoms with Crippen LogP contribution in [0.3, 0.4) is 0 Å². The van der Waals surface area contributed by atoms with Crippen LogP contribution in [0.15, 0.2) is 0 Å². The van der Waals surface area contributed by atoms with Crippen LogP contribution >= 0.6 is 0 Å². The lowest BCUT2D eigenvalue weighted by atomic mass is 10.1. The van der Waals surface area contributed by atoms with Gasteiger partial charge in [0.25, 0.3) is 0 Å². The number of hydrazine groups is 2. The Kier molecular flexibility index (Phi) is 9.95. The van der Waals surface area contributed by atoms with Gasteiger partial charge in [0.2, 0.25) is 11.8 Å². The van der Waals surface area contributed by atoms with Crippen LogP contribution in [0.2, 0.25) is 0 Å². The number of hydrogen-bond acceptors (Lipinski definition) is 4. The van der Waals surface area contributed by atoms with E-state index in [4.69, 9.17) is 0 Å². The molecule has 0 radical (unpaired) electrons. The number of carbonyl (C=O) groups is 2. The Morgan fingerprint density at radius 1 is 0.708 bits per heavy atom. The predicted octanol–water partition coefficient (Wildman–Crippen LogP) is 3.30. The summed E-state index contributed by atoms with van der Waals surface area (Å²) in [6.45, 7) is 7.52. The van der Waals surface area contributed by atoms with Crippen molar-refractivity contribution in [2.45, 2.75) is 104 Å². The Labute approximate surface area is 147 Å². The molecule has 1 saturated heterocycles. The Balaban J connectivity index is 2.65. The van der Waals surface area contributed by atoms with Crippen LogP contribution in [-0.2, 0) is 9.59 Å². The molecule has 0 spiro atoms. The maximum absolute atomic E-state index is 12.0. The van der Waals surface area contributed by atoms with E-state index in [0.29, 0.717) is 0 Å². The van der Waals surface area contributed by atoms with Crippen molar-refractivity contribution in [1.29, 1.82) is 0 Å². The number of nitrogens with one attached hydrogen (secondary N) is 2. The summed E-state index contributed by atoms with van der Waals surface area (Å²) in [4.78, 5) is 24.0. The zero-order valence-corrected chi connectivity index (χ0v) is 15.9. The third-order valence-electron chi connectivity index (χ3n) is 4.54. The summed E-state index contributed by atoms with van der Waals surface area (Å²) in [6.07, 6.45) is 10.6. The van der Waals surface area contributed by atoms with E-state index in [9.17, 15) is 9.59 Å². The predicted molar refractivity (Wildman–Crippen MR) is 96.4 cm³/mol. The zero-order valence-electron chi connectivity index (χ0n) is 15.9. The molecule has 2 N–H and O–H groups in total. The molecule has 0 aromatic carbocycles. The summed E-state index contributed by atoms with van der Waals surface area (Å²) >= 11 is 0. The highest BCUT2D eigenvalue weighted by molar-refractivity contribution is 5.75. The smallest absolute Gasteiger partial charge is 0.235 e. The molecular weight excluding hydrogens is 304 g/mol. The van der Waals surface area contributed by atoms with E-state index in [1.807, 2.05) is 0 Å². The van der Waals surface area contributed by atoms with Crippen molar-refractivity contribution in [2.75, 3.05) is 0 Å². The molecule has 1 rings (SSSR count). The van der Waals surface area contributed by atoms with E-state index in [2.05, 4.69) is 24.7 Å². The monoisotopic (exact) mass is 340 g/mol. The van der Waals surface area contributed by atoms with Crippen molar-refractivity contribution in [3.8, 4) is 0 Å². The van der Waals surface area contributed by atoms with Gasteiger partial charge in [-0.2, -0.15) is 0 Å². The Bertz CT molecular complexity index is 353. The summed E-state index contributed by atoms with van der Waals surface area (Å²) in [7, 11) is 0. The summed E-state index contributed by atoms with van der Waals surface area (Å²) in [5.74, 6) is -0.0190. The van der Waals surface area contributed by atoms with Gasteiger partial charge in [-0.25, -0.2) is 10.9 Å². The van der Waals surface area contributed by atoms with Gasteiger partial charge >= 0.3 is 0 Å². The second kappa shape index (κ2) is 11.4. The summed E-state index contributed by atoms with van der Waals surface area (Å²) in [6, 6.07) is 0. The lowest BCUT2D eigenvalue weighted by Gasteiger charge is -2.47. The minimum Gasteiger partial charge on any atom is -0.274 e. The number of carbonyl (C=O) groups excluding carboxylic acids is 2. The molecule has 0 aromatic heterocycles. The fraction of sp³-hybridized carbons (Fsp3) is 0.889. The molecule has 1 fully saturated rings. The fourth-order valence-electron chi connectivity index (χ4n) is 3.15. The van der Waals surface area contributed by atoms with Crippen LogP contribution in [0, 0.1) is 0 Å². The Morgan fingerprint density at radius 2 is 1.08 bits per heavy atom. The van der Waals surface area contributed by atoms with Gasteiger partial charge in [-0.3, -0.25) is 19.6 Å². The zero-order chi connectivity index (χ0) is 17.9. The quantitative estimate of drug-likeness (QED) is 0.599. The lowest BCUT2D eigenvalue weighted by Crippen LogP contribution is -2.72. The van der Waals surface area contributed by atoms with Crippen molar-refractivity contribution >= 4 is 11.8 Å². The molecule has 0 aromatic rings. The first-order valence-electron chi connectivity index (χ1n) is 9.63. The molecule has 0 aliphatic carbocycles. The van der Waals surface area contributed by atoms with Crippen molar-refractivity contribution in [1.82, 2.24) is 20.9 Å². The molecule has 1 aliphatic heterocycles. The molecule has 2 atom stereocenters. The number of unbranched alkanes of at least 4 members (excludes halogenated alkanes) is 6. The van der Waals surface area contributed by atoms with Gasteiger partial charge in [0.05, 0.1) is 0 Å². The van der Waals surface area contributed by atoms with Crippen molar-refractivity contribution in [3.63, 3.8) is 0 Å². The van der Waals surface area contributed by atoms with E-state index in [1.54, 1.807) is 23.9 Å². The third kappa shape index (κ3) is 6.77. The fourth-order valence-corrected chi connectivity index (χ4v) is 3.15. The molecule has 24 heavy (non-hydrogen) atoms. The molecule has 1 aliphatic rings. The second-order valence-electron chi connectivity index (χ2n) is 6.77. The minimum absolute atomic E-state index is 0.00949. The van der Waals surface area contributed by atoms with E-state index in [1.165, 1.54) is 25.7 Å². The first-order valence-corrected chi connectivity index (χ1v) is 9.63. The van der Waals surface area contributed by atoms with Crippen molar-refractivity contribution < 1.29 is 9.59 Å². The van der Waals surface area contributed by atoms with Gasteiger partial charge in [-0.05, 0) is 25.7 Å². The number of hydrogen-bond donors (Lipinski definition) is 2. The van der Waals surface area contributed by atoms with Crippen LogP contribution in [0.5, 0.6) is 0 Å². The van der Waals surface area contributed by atoms with E-state index in [-0.39, 0.29) is 24.1 Å². The van der Waals surface area contributed by atoms with Gasteiger partial charge in [-0.1, -0.05) is 52.4 Å². The molecule has 6 nitrogen and oxygen atoms in total. The SMILES string of the molecule is CCCCCC[C@@H]1NN(C(C)=O)[C@@H](CCCCCC)NN1C(C)=O. The Morgan fingerprint density at radius 3 is 1.38 bits per heavy atom. The lowest BCUT2D eigenvalue weighted by molar-refractivity contribution is -0.165. The molecule has 1 heterocycles. The molecule has 2 amide bonds. The van der Waals surface area contributed by atoms with Gasteiger partial charge in [0.1, 0.15) is 12.3 Å². The van der Waals surface area contributed by atoms with Gasteiger partial charge in [0, 0.05) is 13.8 Å². The van der Waals surface area contributed by atoms with Crippen LogP contribution in [0.1, 0.15) is 91.9 Å². The van der Waals surface area contributed by atoms with E-state index >= 15 is 0 Å². The van der Waals surface area contributed by atoms with Crippen LogP contribution < -0.4 is 10.9 Å². The summed E-state index contributed by atoms with van der Waals surface area (Å²) in [5.41, 5.74) is 6.56. The number of rotatable bonds is 10. The highest BCUT2D eigenvalue weighted by Crippen LogP contribution is 2.17. The highest BCUT2D eigenvalue weighted by Gasteiger charge is 2.35. The maximum Gasteiger partial charge on any atom is 0.235 e. The standard InChI is InChI=1S/C18H36N4O2/c1-5-7-9-11-13-17-19-22(16(4)24)18(14-12-10-8-6-2)20-21(17)15(3)23/h17-20H,5-14H2,1-4H3/t17-,18+. The summed E-state index contributed by atoms with van der Waals surface area (Å²) < 4.78 is 0.